The van der Waals surface area contributed by atoms with Crippen LogP contribution in [0.2, 0.25) is 0 Å². The van der Waals surface area contributed by atoms with Crippen LogP contribution in [0.1, 0.15) is 27.7 Å². The minimum atomic E-state index is -1.04. The van der Waals surface area contributed by atoms with E-state index in [2.05, 4.69) is 22.5 Å². The molecule has 18 heavy (non-hydrogen) atoms. The predicted octanol–water partition coefficient (Wildman–Crippen LogP) is 2.21. The van der Waals surface area contributed by atoms with Crippen molar-refractivity contribution in [2.24, 2.45) is 0 Å². The molecular formula is C12H14N2O3S. The smallest absolute Gasteiger partial charge is 0.338 e. The van der Waals surface area contributed by atoms with E-state index in [4.69, 9.17) is 5.11 Å². The Morgan fingerprint density at radius 1 is 1.39 bits per heavy atom. The number of hydrogen-bond acceptors (Lipinski definition) is 3. The molecule has 0 radical (unpaired) electrons. The lowest BCUT2D eigenvalue weighted by Gasteiger charge is -2.04. The Hall–Kier alpha value is -2.00. The highest BCUT2D eigenvalue weighted by molar-refractivity contribution is 7.16. The van der Waals surface area contributed by atoms with Crippen LogP contribution in [0.5, 0.6) is 0 Å². The summed E-state index contributed by atoms with van der Waals surface area (Å²) < 4.78 is 0. The first-order valence-corrected chi connectivity index (χ1v) is 6.06. The van der Waals surface area contributed by atoms with E-state index in [9.17, 15) is 9.59 Å². The lowest BCUT2D eigenvalue weighted by atomic mass is 10.1. The van der Waals surface area contributed by atoms with Gasteiger partial charge in [0.25, 0.3) is 0 Å². The third-order valence-corrected chi connectivity index (χ3v) is 3.46. The van der Waals surface area contributed by atoms with Gasteiger partial charge in [-0.1, -0.05) is 5.92 Å². The fourth-order valence-corrected chi connectivity index (χ4v) is 2.38. The third-order valence-electron chi connectivity index (χ3n) is 2.34. The Bertz CT molecular complexity index is 537. The molecule has 0 saturated carbocycles. The van der Waals surface area contributed by atoms with E-state index in [0.29, 0.717) is 10.6 Å². The normalized spacial score (nSPS) is 9.28. The molecular weight excluding hydrogens is 252 g/mol. The first kappa shape index (κ1) is 14.1. The molecule has 3 N–H and O–H groups in total. The van der Waals surface area contributed by atoms with Gasteiger partial charge in [-0.25, -0.2) is 9.59 Å². The van der Waals surface area contributed by atoms with Crippen LogP contribution >= 0.6 is 11.3 Å². The van der Waals surface area contributed by atoms with E-state index in [1.54, 1.807) is 13.8 Å². The molecule has 1 aromatic heterocycles. The van der Waals surface area contributed by atoms with Gasteiger partial charge in [-0.15, -0.1) is 17.3 Å². The number of carbonyl (C=O) groups excluding carboxylic acids is 1. The molecule has 1 aromatic rings. The van der Waals surface area contributed by atoms with Gasteiger partial charge in [0.2, 0.25) is 0 Å². The first-order valence-electron chi connectivity index (χ1n) is 5.25. The van der Waals surface area contributed by atoms with Gasteiger partial charge in [0.15, 0.2) is 0 Å². The van der Waals surface area contributed by atoms with E-state index in [1.165, 1.54) is 11.3 Å². The summed E-state index contributed by atoms with van der Waals surface area (Å²) in [6.07, 6.45) is 0. The molecule has 0 aromatic carbocycles. The van der Waals surface area contributed by atoms with Gasteiger partial charge in [0, 0.05) is 4.88 Å². The summed E-state index contributed by atoms with van der Waals surface area (Å²) in [5.74, 6) is 4.29. The Labute approximate surface area is 109 Å². The van der Waals surface area contributed by atoms with Gasteiger partial charge in [-0.05, 0) is 26.3 Å². The van der Waals surface area contributed by atoms with Crippen molar-refractivity contribution in [3.63, 3.8) is 0 Å². The lowest BCUT2D eigenvalue weighted by molar-refractivity contribution is 0.0697. The zero-order valence-corrected chi connectivity index (χ0v) is 11.2. The highest BCUT2D eigenvalue weighted by atomic mass is 32.1. The van der Waals surface area contributed by atoms with Gasteiger partial charge in [-0.2, -0.15) is 0 Å². The summed E-state index contributed by atoms with van der Waals surface area (Å²) in [7, 11) is 0. The molecule has 0 aliphatic rings. The molecule has 0 atom stereocenters. The second-order valence-corrected chi connectivity index (χ2v) is 4.75. The quantitative estimate of drug-likeness (QED) is 0.734. The number of amides is 2. The van der Waals surface area contributed by atoms with Gasteiger partial charge in [0.05, 0.1) is 12.1 Å². The van der Waals surface area contributed by atoms with Crippen molar-refractivity contribution in [1.29, 1.82) is 0 Å². The number of carboxylic acid groups (broad SMARTS) is 1. The van der Waals surface area contributed by atoms with Crippen LogP contribution in [0.25, 0.3) is 0 Å². The molecule has 0 unspecified atom stereocenters. The van der Waals surface area contributed by atoms with E-state index < -0.39 is 12.0 Å². The summed E-state index contributed by atoms with van der Waals surface area (Å²) in [6.45, 7) is 5.45. The summed E-state index contributed by atoms with van der Waals surface area (Å²) in [4.78, 5) is 23.5. The van der Waals surface area contributed by atoms with Gasteiger partial charge < -0.3 is 10.4 Å². The fourth-order valence-electron chi connectivity index (χ4n) is 1.33. The highest BCUT2D eigenvalue weighted by Crippen LogP contribution is 2.32. The number of hydrogen-bond donors (Lipinski definition) is 3. The standard InChI is InChI=1S/C12H14N2O3S/c1-4-5-6-13-12(17)14-10-9(11(15)16)7(2)8(3)18-10/h6H2,1-3H3,(H,15,16)(H2,13,14,17). The molecule has 6 heteroatoms. The predicted molar refractivity (Wildman–Crippen MR) is 71.2 cm³/mol. The number of thiophene rings is 1. The van der Waals surface area contributed by atoms with Crippen molar-refractivity contribution in [2.45, 2.75) is 20.8 Å². The van der Waals surface area contributed by atoms with Crippen molar-refractivity contribution in [2.75, 3.05) is 11.9 Å². The van der Waals surface area contributed by atoms with Gasteiger partial charge in [-0.3, -0.25) is 5.32 Å². The summed E-state index contributed by atoms with van der Waals surface area (Å²) in [5, 5.41) is 14.5. The van der Waals surface area contributed by atoms with Gasteiger partial charge >= 0.3 is 12.0 Å². The molecule has 0 fully saturated rings. The second-order valence-electron chi connectivity index (χ2n) is 3.53. The first-order chi connectivity index (χ1) is 8.47. The number of carbonyl (C=O) groups is 2. The zero-order valence-electron chi connectivity index (χ0n) is 10.4. The summed E-state index contributed by atoms with van der Waals surface area (Å²) >= 11 is 1.25. The number of carboxylic acids is 1. The minimum Gasteiger partial charge on any atom is -0.478 e. The van der Waals surface area contributed by atoms with Crippen molar-refractivity contribution in [3.05, 3.63) is 16.0 Å². The van der Waals surface area contributed by atoms with Crippen LogP contribution < -0.4 is 10.6 Å². The average molecular weight is 266 g/mol. The zero-order chi connectivity index (χ0) is 13.7. The molecule has 96 valence electrons. The lowest BCUT2D eigenvalue weighted by Crippen LogP contribution is -2.29. The second kappa shape index (κ2) is 6.07. The molecule has 2 amide bonds. The van der Waals surface area contributed by atoms with Crippen LogP contribution in [0.4, 0.5) is 9.80 Å². The summed E-state index contributed by atoms with van der Waals surface area (Å²) in [5.41, 5.74) is 0.824. The number of nitrogens with one attached hydrogen (secondary N) is 2. The Morgan fingerprint density at radius 3 is 2.61 bits per heavy atom. The molecule has 0 saturated heterocycles. The maximum absolute atomic E-state index is 11.5. The van der Waals surface area contributed by atoms with E-state index >= 15 is 0 Å². The van der Waals surface area contributed by atoms with Gasteiger partial charge in [0.1, 0.15) is 5.00 Å². The molecule has 1 heterocycles. The Kier molecular flexibility index (Phi) is 4.75. The van der Waals surface area contributed by atoms with Crippen molar-refractivity contribution < 1.29 is 14.7 Å². The van der Waals surface area contributed by atoms with Crippen LogP contribution in [-0.2, 0) is 0 Å². The largest absolute Gasteiger partial charge is 0.478 e. The maximum Gasteiger partial charge on any atom is 0.338 e. The topological polar surface area (TPSA) is 78.4 Å². The maximum atomic E-state index is 11.5. The van der Waals surface area contributed by atoms with Crippen LogP contribution in [-0.4, -0.2) is 23.7 Å². The number of anilines is 1. The summed E-state index contributed by atoms with van der Waals surface area (Å²) in [6, 6.07) is -0.457. The molecule has 1 rings (SSSR count). The van der Waals surface area contributed by atoms with Crippen LogP contribution in [0.15, 0.2) is 0 Å². The Balaban J connectivity index is 2.83. The fraction of sp³-hybridized carbons (Fsp3) is 0.333. The van der Waals surface area contributed by atoms with E-state index in [1.807, 2.05) is 6.92 Å². The van der Waals surface area contributed by atoms with Crippen LogP contribution in [0.3, 0.4) is 0 Å². The molecule has 0 aliphatic carbocycles. The minimum absolute atomic E-state index is 0.147. The monoisotopic (exact) mass is 266 g/mol. The molecule has 0 bridgehead atoms. The molecule has 5 nitrogen and oxygen atoms in total. The SMILES string of the molecule is CC#CCNC(=O)Nc1sc(C)c(C)c1C(=O)O. The third kappa shape index (κ3) is 3.25. The van der Waals surface area contributed by atoms with Crippen LogP contribution in [0, 0.1) is 25.7 Å². The Morgan fingerprint density at radius 2 is 2.06 bits per heavy atom. The highest BCUT2D eigenvalue weighted by Gasteiger charge is 2.19. The number of aryl methyl sites for hydroxylation is 1. The molecule has 0 spiro atoms. The number of rotatable bonds is 3. The number of aromatic carboxylic acids is 1. The molecule has 0 aliphatic heterocycles. The van der Waals surface area contributed by atoms with E-state index in [0.717, 1.165) is 4.88 Å². The average Bonchev–Trinajstić information content (AvgIpc) is 2.54. The van der Waals surface area contributed by atoms with Crippen molar-refractivity contribution >= 4 is 28.3 Å². The number of urea groups is 1. The van der Waals surface area contributed by atoms with Crippen molar-refractivity contribution in [3.8, 4) is 11.8 Å². The van der Waals surface area contributed by atoms with Crippen molar-refractivity contribution in [1.82, 2.24) is 5.32 Å². The van der Waals surface area contributed by atoms with E-state index in [-0.39, 0.29) is 12.1 Å².